The van der Waals surface area contributed by atoms with Crippen LogP contribution in [0.2, 0.25) is 0 Å². The third-order valence-corrected chi connectivity index (χ3v) is 2.94. The van der Waals surface area contributed by atoms with Crippen LogP contribution in [0.25, 0.3) is 5.57 Å². The highest BCUT2D eigenvalue weighted by molar-refractivity contribution is 6.24. The van der Waals surface area contributed by atoms with E-state index in [4.69, 9.17) is 15.9 Å². The molecule has 2 rings (SSSR count). The minimum atomic E-state index is -0.0468. The van der Waals surface area contributed by atoms with E-state index in [2.05, 4.69) is 11.6 Å². The van der Waals surface area contributed by atoms with Crippen molar-refractivity contribution in [1.82, 2.24) is 0 Å². The van der Waals surface area contributed by atoms with E-state index in [0.29, 0.717) is 5.70 Å². The van der Waals surface area contributed by atoms with E-state index < -0.39 is 0 Å². The molecule has 1 aliphatic rings. The van der Waals surface area contributed by atoms with Crippen LogP contribution in [-0.2, 0) is 0 Å². The van der Waals surface area contributed by atoms with Crippen molar-refractivity contribution in [1.29, 1.82) is 15.9 Å². The lowest BCUT2D eigenvalue weighted by Gasteiger charge is -1.99. The Balaban J connectivity index is 2.56. The Morgan fingerprint density at radius 2 is 1.84 bits per heavy atom. The van der Waals surface area contributed by atoms with Crippen molar-refractivity contribution in [2.24, 2.45) is 4.99 Å². The Hall–Kier alpha value is -2.98. The fourth-order valence-electron chi connectivity index (χ4n) is 1.94. The molecule has 0 bridgehead atoms. The average molecular weight is 246 g/mol. The summed E-state index contributed by atoms with van der Waals surface area (Å²) in [5.74, 6) is 0. The van der Waals surface area contributed by atoms with Crippen LogP contribution in [0.3, 0.4) is 0 Å². The molecule has 4 nitrogen and oxygen atoms in total. The molecule has 1 aromatic rings. The molecular formula is C15H10N4. The van der Waals surface area contributed by atoms with Crippen LogP contribution >= 0.6 is 0 Å². The molecule has 0 saturated carbocycles. The van der Waals surface area contributed by atoms with E-state index in [9.17, 15) is 0 Å². The van der Waals surface area contributed by atoms with Gasteiger partial charge in [-0.2, -0.15) is 10.5 Å². The van der Waals surface area contributed by atoms with Gasteiger partial charge in [0, 0.05) is 5.56 Å². The second-order valence-electron chi connectivity index (χ2n) is 4.06. The number of nitriles is 2. The lowest BCUT2D eigenvalue weighted by atomic mass is 10.1. The van der Waals surface area contributed by atoms with E-state index in [1.807, 2.05) is 37.3 Å². The van der Waals surface area contributed by atoms with Crippen LogP contribution in [0.4, 0.5) is 0 Å². The largest absolute Gasteiger partial charge is 0.298 e. The van der Waals surface area contributed by atoms with Crippen molar-refractivity contribution >= 4 is 17.0 Å². The molecule has 90 valence electrons. The first-order valence-corrected chi connectivity index (χ1v) is 5.58. The second-order valence-corrected chi connectivity index (χ2v) is 4.06. The van der Waals surface area contributed by atoms with Gasteiger partial charge >= 0.3 is 0 Å². The van der Waals surface area contributed by atoms with Gasteiger partial charge in [-0.15, -0.1) is 0 Å². The Morgan fingerprint density at radius 3 is 2.37 bits per heavy atom. The average Bonchev–Trinajstić information content (AvgIpc) is 2.68. The quantitative estimate of drug-likeness (QED) is 0.642. The fraction of sp³-hybridized carbons (Fsp3) is 0.0667. The van der Waals surface area contributed by atoms with Gasteiger partial charge in [-0.3, -0.25) is 5.41 Å². The summed E-state index contributed by atoms with van der Waals surface area (Å²) in [6, 6.07) is 11.1. The van der Waals surface area contributed by atoms with Gasteiger partial charge in [-0.1, -0.05) is 30.8 Å². The van der Waals surface area contributed by atoms with Gasteiger partial charge in [0.2, 0.25) is 0 Å². The maximum atomic E-state index is 8.99. The van der Waals surface area contributed by atoms with Gasteiger partial charge in [0.05, 0.1) is 17.0 Å². The van der Waals surface area contributed by atoms with Crippen LogP contribution in [0.15, 0.2) is 47.1 Å². The smallest absolute Gasteiger partial charge is 0.158 e. The fourth-order valence-corrected chi connectivity index (χ4v) is 1.94. The first-order valence-electron chi connectivity index (χ1n) is 5.58. The number of aliphatic imine (C=N–C) groups is 1. The maximum absolute atomic E-state index is 8.99. The van der Waals surface area contributed by atoms with Crippen LogP contribution in [0, 0.1) is 28.1 Å². The molecule has 0 saturated heterocycles. The molecule has 4 heteroatoms. The van der Waals surface area contributed by atoms with Crippen molar-refractivity contribution in [3.63, 3.8) is 0 Å². The minimum absolute atomic E-state index is 0.00607. The minimum Gasteiger partial charge on any atom is -0.298 e. The van der Waals surface area contributed by atoms with Crippen molar-refractivity contribution < 1.29 is 0 Å². The molecule has 0 aromatic heterocycles. The lowest BCUT2D eigenvalue weighted by Crippen LogP contribution is -2.02. The van der Waals surface area contributed by atoms with Gasteiger partial charge in [-0.05, 0) is 18.1 Å². The molecule has 0 unspecified atom stereocenters. The highest BCUT2D eigenvalue weighted by atomic mass is 14.8. The number of benzene rings is 1. The third kappa shape index (κ3) is 1.96. The van der Waals surface area contributed by atoms with E-state index in [1.54, 1.807) is 6.07 Å². The predicted octanol–water partition coefficient (Wildman–Crippen LogP) is 2.84. The number of fused-ring (bicyclic) bond motifs is 1. The second kappa shape index (κ2) is 4.72. The van der Waals surface area contributed by atoms with E-state index >= 15 is 0 Å². The van der Waals surface area contributed by atoms with Gasteiger partial charge in [0.1, 0.15) is 12.1 Å². The topological polar surface area (TPSA) is 83.8 Å². The number of allylic oxidation sites excluding steroid dienone is 3. The highest BCUT2D eigenvalue weighted by Gasteiger charge is 2.24. The standard InChI is InChI=1S/C15H10N4/c1-9(7-16)13(8-17)19-15-10(2)11-5-3-4-6-12(11)14(15)18/h3-6,18H,1H2,2H3/b18-14?,19-13-. The summed E-state index contributed by atoms with van der Waals surface area (Å²) >= 11 is 0. The van der Waals surface area contributed by atoms with Gasteiger partial charge in [0.15, 0.2) is 5.71 Å². The summed E-state index contributed by atoms with van der Waals surface area (Å²) < 4.78 is 0. The predicted molar refractivity (Wildman–Crippen MR) is 73.7 cm³/mol. The first-order chi connectivity index (χ1) is 9.10. The molecule has 19 heavy (non-hydrogen) atoms. The third-order valence-electron chi connectivity index (χ3n) is 2.94. The van der Waals surface area contributed by atoms with E-state index in [0.717, 1.165) is 16.7 Å². The number of hydrogen-bond acceptors (Lipinski definition) is 4. The maximum Gasteiger partial charge on any atom is 0.158 e. The molecule has 0 amide bonds. The Morgan fingerprint density at radius 1 is 1.21 bits per heavy atom. The SMILES string of the molecule is C=C(C#N)/C(C#N)=N\C1=C(C)c2ccccc2C1=N. The number of nitrogens with zero attached hydrogens (tertiary/aromatic N) is 3. The number of nitrogens with one attached hydrogen (secondary N) is 1. The zero-order valence-electron chi connectivity index (χ0n) is 10.4. The Bertz CT molecular complexity index is 736. The molecule has 0 fully saturated rings. The molecule has 0 aliphatic heterocycles. The summed E-state index contributed by atoms with van der Waals surface area (Å²) in [4.78, 5) is 4.13. The molecule has 0 heterocycles. The Labute approximate surface area is 111 Å². The first kappa shape index (κ1) is 12.5. The molecule has 0 spiro atoms. The molecule has 1 N–H and O–H groups in total. The number of rotatable bonds is 2. The highest BCUT2D eigenvalue weighted by Crippen LogP contribution is 2.33. The van der Waals surface area contributed by atoms with Crippen LogP contribution < -0.4 is 0 Å². The zero-order valence-corrected chi connectivity index (χ0v) is 10.4. The number of hydrogen-bond donors (Lipinski definition) is 1. The zero-order chi connectivity index (χ0) is 14.0. The molecule has 1 aromatic carbocycles. The van der Waals surface area contributed by atoms with Gasteiger partial charge < -0.3 is 0 Å². The normalized spacial score (nSPS) is 13.8. The van der Waals surface area contributed by atoms with E-state index in [-0.39, 0.29) is 17.0 Å². The summed E-state index contributed by atoms with van der Waals surface area (Å²) in [5, 5.41) is 25.9. The summed E-state index contributed by atoms with van der Waals surface area (Å²) in [6.07, 6.45) is 0. The molecule has 0 atom stereocenters. The van der Waals surface area contributed by atoms with Crippen molar-refractivity contribution in [3.8, 4) is 12.1 Å². The van der Waals surface area contributed by atoms with Crippen molar-refractivity contribution in [3.05, 3.63) is 53.2 Å². The molecular weight excluding hydrogens is 236 g/mol. The van der Waals surface area contributed by atoms with Gasteiger partial charge in [-0.25, -0.2) is 4.99 Å². The summed E-state index contributed by atoms with van der Waals surface area (Å²) in [7, 11) is 0. The van der Waals surface area contributed by atoms with E-state index in [1.165, 1.54) is 0 Å². The summed E-state index contributed by atoms with van der Waals surface area (Å²) in [5.41, 5.74) is 3.21. The van der Waals surface area contributed by atoms with Crippen LogP contribution in [0.1, 0.15) is 18.1 Å². The van der Waals surface area contributed by atoms with Crippen molar-refractivity contribution in [2.45, 2.75) is 6.92 Å². The molecule has 0 radical (unpaired) electrons. The van der Waals surface area contributed by atoms with Crippen LogP contribution in [0.5, 0.6) is 0 Å². The lowest BCUT2D eigenvalue weighted by molar-refractivity contribution is 1.40. The van der Waals surface area contributed by atoms with Crippen LogP contribution in [-0.4, -0.2) is 11.4 Å². The summed E-state index contributed by atoms with van der Waals surface area (Å²) in [6.45, 7) is 5.33. The van der Waals surface area contributed by atoms with Crippen molar-refractivity contribution in [2.75, 3.05) is 0 Å². The molecule has 1 aliphatic carbocycles. The Kier molecular flexibility index (Phi) is 3.10. The monoisotopic (exact) mass is 246 g/mol. The van der Waals surface area contributed by atoms with Gasteiger partial charge in [0.25, 0.3) is 0 Å².